The van der Waals surface area contributed by atoms with Crippen molar-refractivity contribution in [2.75, 3.05) is 13.2 Å². The van der Waals surface area contributed by atoms with Gasteiger partial charge in [-0.1, -0.05) is 0 Å². The van der Waals surface area contributed by atoms with Crippen LogP contribution >= 0.6 is 0 Å². The number of hydrogen-bond acceptors (Lipinski definition) is 2. The van der Waals surface area contributed by atoms with Crippen LogP contribution < -0.4 is 0 Å². The first-order chi connectivity index (χ1) is 8.63. The molecule has 1 unspecified atom stereocenters. The minimum Gasteiger partial charge on any atom is -0.481 e. The Hall–Kier alpha value is -0.570. The van der Waals surface area contributed by atoms with Crippen molar-refractivity contribution in [3.8, 4) is 0 Å². The first-order valence-corrected chi connectivity index (χ1v) is 7.43. The molecule has 1 N–H and O–H groups in total. The number of carboxylic acids is 1. The second kappa shape index (κ2) is 4.52. The molecule has 0 saturated heterocycles. The molecule has 0 spiro atoms. The maximum atomic E-state index is 11.6. The van der Waals surface area contributed by atoms with Crippen LogP contribution in [0.1, 0.15) is 45.4 Å². The largest absolute Gasteiger partial charge is 0.481 e. The van der Waals surface area contributed by atoms with Crippen LogP contribution in [0.3, 0.4) is 0 Å². The highest BCUT2D eigenvalue weighted by Crippen LogP contribution is 2.62. The molecule has 1 atom stereocenters. The van der Waals surface area contributed by atoms with Crippen LogP contribution in [0, 0.1) is 29.1 Å². The lowest BCUT2D eigenvalue weighted by Crippen LogP contribution is -2.52. The van der Waals surface area contributed by atoms with E-state index in [-0.39, 0.29) is 11.3 Å². The average molecular weight is 252 g/mol. The van der Waals surface area contributed by atoms with Crippen molar-refractivity contribution in [2.45, 2.75) is 45.4 Å². The van der Waals surface area contributed by atoms with E-state index in [1.807, 2.05) is 6.92 Å². The normalized spacial score (nSPS) is 43.1. The predicted octanol–water partition coefficient (Wildman–Crippen LogP) is 2.94. The van der Waals surface area contributed by atoms with Crippen molar-refractivity contribution in [3.63, 3.8) is 0 Å². The summed E-state index contributed by atoms with van der Waals surface area (Å²) in [6, 6.07) is 0. The van der Waals surface area contributed by atoms with E-state index in [1.165, 1.54) is 19.3 Å². The van der Waals surface area contributed by atoms with E-state index < -0.39 is 5.97 Å². The van der Waals surface area contributed by atoms with Crippen molar-refractivity contribution >= 4 is 5.97 Å². The Labute approximate surface area is 109 Å². The van der Waals surface area contributed by atoms with Crippen LogP contribution in [0.15, 0.2) is 0 Å². The summed E-state index contributed by atoms with van der Waals surface area (Å²) in [5.74, 6) is 1.51. The molecule has 3 heteroatoms. The molecule has 18 heavy (non-hydrogen) atoms. The molecular weight excluding hydrogens is 228 g/mol. The fourth-order valence-corrected chi connectivity index (χ4v) is 5.35. The Morgan fingerprint density at radius 3 is 2.11 bits per heavy atom. The summed E-state index contributed by atoms with van der Waals surface area (Å²) < 4.78 is 5.47. The molecule has 0 aromatic heterocycles. The summed E-state index contributed by atoms with van der Waals surface area (Å²) in [5, 5.41) is 9.58. The minimum atomic E-state index is -0.634. The van der Waals surface area contributed by atoms with Crippen LogP contribution in [0.2, 0.25) is 0 Å². The fraction of sp³-hybridized carbons (Fsp3) is 0.933. The Bertz CT molecular complexity index is 301. The van der Waals surface area contributed by atoms with Gasteiger partial charge in [0.1, 0.15) is 0 Å². The minimum absolute atomic E-state index is 0.0652. The molecule has 4 bridgehead atoms. The second-order valence-corrected chi connectivity index (χ2v) is 6.83. The number of hydrogen-bond donors (Lipinski definition) is 1. The van der Waals surface area contributed by atoms with Crippen LogP contribution in [0.5, 0.6) is 0 Å². The zero-order valence-electron chi connectivity index (χ0n) is 11.2. The summed E-state index contributed by atoms with van der Waals surface area (Å²) >= 11 is 0. The molecule has 4 aliphatic rings. The third-order valence-corrected chi connectivity index (χ3v) is 5.61. The summed E-state index contributed by atoms with van der Waals surface area (Å²) in [6.07, 6.45) is 7.51. The zero-order chi connectivity index (χ0) is 12.8. The van der Waals surface area contributed by atoms with E-state index in [4.69, 9.17) is 4.74 Å². The molecular formula is C15H24O3. The third-order valence-electron chi connectivity index (χ3n) is 5.61. The Morgan fingerprint density at radius 2 is 1.72 bits per heavy atom. The molecule has 0 aromatic rings. The van der Waals surface area contributed by atoms with Gasteiger partial charge in [0.25, 0.3) is 0 Å². The first-order valence-electron chi connectivity index (χ1n) is 7.43. The highest BCUT2D eigenvalue weighted by molar-refractivity contribution is 5.71. The van der Waals surface area contributed by atoms with Gasteiger partial charge in [-0.05, 0) is 68.6 Å². The lowest BCUT2D eigenvalue weighted by atomic mass is 9.46. The van der Waals surface area contributed by atoms with Gasteiger partial charge >= 0.3 is 5.97 Å². The van der Waals surface area contributed by atoms with E-state index in [1.54, 1.807) is 0 Å². The molecule has 4 rings (SSSR count). The van der Waals surface area contributed by atoms with Crippen molar-refractivity contribution in [1.82, 2.24) is 0 Å². The Kier molecular flexibility index (Phi) is 3.13. The SMILES string of the molecule is CCOCC(C(=O)O)C12CC3CC(CC(C3)C1)C2. The van der Waals surface area contributed by atoms with Crippen molar-refractivity contribution in [3.05, 3.63) is 0 Å². The number of rotatable bonds is 5. The van der Waals surface area contributed by atoms with Gasteiger partial charge in [0.15, 0.2) is 0 Å². The van der Waals surface area contributed by atoms with E-state index in [2.05, 4.69) is 0 Å². The summed E-state index contributed by atoms with van der Waals surface area (Å²) in [4.78, 5) is 11.6. The second-order valence-electron chi connectivity index (χ2n) is 6.83. The zero-order valence-corrected chi connectivity index (χ0v) is 11.2. The van der Waals surface area contributed by atoms with Crippen LogP contribution in [-0.2, 0) is 9.53 Å². The van der Waals surface area contributed by atoms with Crippen molar-refractivity contribution < 1.29 is 14.6 Å². The van der Waals surface area contributed by atoms with Crippen LogP contribution in [0.4, 0.5) is 0 Å². The summed E-state index contributed by atoms with van der Waals surface area (Å²) in [5.41, 5.74) is 0.0652. The molecule has 102 valence electrons. The summed E-state index contributed by atoms with van der Waals surface area (Å²) in [6.45, 7) is 2.98. The Morgan fingerprint density at radius 1 is 1.22 bits per heavy atom. The monoisotopic (exact) mass is 252 g/mol. The molecule has 0 amide bonds. The van der Waals surface area contributed by atoms with E-state index >= 15 is 0 Å². The number of carbonyl (C=O) groups is 1. The predicted molar refractivity (Wildman–Crippen MR) is 68.2 cm³/mol. The third kappa shape index (κ3) is 1.97. The van der Waals surface area contributed by atoms with Crippen LogP contribution in [-0.4, -0.2) is 24.3 Å². The highest BCUT2D eigenvalue weighted by Gasteiger charge is 2.55. The fourth-order valence-electron chi connectivity index (χ4n) is 5.35. The van der Waals surface area contributed by atoms with Gasteiger partial charge in [-0.15, -0.1) is 0 Å². The van der Waals surface area contributed by atoms with E-state index in [0.29, 0.717) is 13.2 Å². The maximum absolute atomic E-state index is 11.6. The van der Waals surface area contributed by atoms with E-state index in [0.717, 1.165) is 37.0 Å². The van der Waals surface area contributed by atoms with Crippen molar-refractivity contribution in [1.29, 1.82) is 0 Å². The molecule has 4 fully saturated rings. The van der Waals surface area contributed by atoms with Gasteiger partial charge in [0.05, 0.1) is 12.5 Å². The molecule has 4 saturated carbocycles. The van der Waals surface area contributed by atoms with Gasteiger partial charge in [0.2, 0.25) is 0 Å². The molecule has 0 aliphatic heterocycles. The van der Waals surface area contributed by atoms with Gasteiger partial charge in [-0.3, -0.25) is 4.79 Å². The first kappa shape index (κ1) is 12.5. The van der Waals surface area contributed by atoms with E-state index in [9.17, 15) is 9.90 Å². The average Bonchev–Trinajstić information content (AvgIpc) is 2.26. The molecule has 0 aromatic carbocycles. The lowest BCUT2D eigenvalue weighted by molar-refractivity contribution is -0.163. The maximum Gasteiger partial charge on any atom is 0.309 e. The highest BCUT2D eigenvalue weighted by atomic mass is 16.5. The summed E-state index contributed by atoms with van der Waals surface area (Å²) in [7, 11) is 0. The smallest absolute Gasteiger partial charge is 0.309 e. The Balaban J connectivity index is 1.81. The van der Waals surface area contributed by atoms with Crippen molar-refractivity contribution in [2.24, 2.45) is 29.1 Å². The standard InChI is InChI=1S/C15H24O3/c1-2-18-9-13(14(16)17)15-6-10-3-11(7-15)5-12(4-10)8-15/h10-13H,2-9H2,1H3,(H,16,17). The number of ether oxygens (including phenoxy) is 1. The molecule has 0 radical (unpaired) electrons. The quantitative estimate of drug-likeness (QED) is 0.818. The van der Waals surface area contributed by atoms with Gasteiger partial charge in [0, 0.05) is 6.61 Å². The van der Waals surface area contributed by atoms with Gasteiger partial charge in [-0.25, -0.2) is 0 Å². The van der Waals surface area contributed by atoms with Gasteiger partial charge in [-0.2, -0.15) is 0 Å². The van der Waals surface area contributed by atoms with Crippen LogP contribution in [0.25, 0.3) is 0 Å². The van der Waals surface area contributed by atoms with Gasteiger partial charge < -0.3 is 9.84 Å². The number of carboxylic acid groups (broad SMARTS) is 1. The number of aliphatic carboxylic acids is 1. The lowest BCUT2D eigenvalue weighted by Gasteiger charge is -2.58. The molecule has 0 heterocycles. The molecule has 3 nitrogen and oxygen atoms in total. The topological polar surface area (TPSA) is 46.5 Å². The molecule has 4 aliphatic carbocycles.